The number of aromatic hydroxyl groups is 1. The summed E-state index contributed by atoms with van der Waals surface area (Å²) in [6.45, 7) is 0. The molecule has 1 saturated carbocycles. The van der Waals surface area contributed by atoms with Gasteiger partial charge in [0.2, 0.25) is 0 Å². The Morgan fingerprint density at radius 3 is 2.47 bits per heavy atom. The highest BCUT2D eigenvalue weighted by Gasteiger charge is 2.22. The van der Waals surface area contributed by atoms with Crippen molar-refractivity contribution in [1.82, 2.24) is 0 Å². The van der Waals surface area contributed by atoms with Gasteiger partial charge in [0.1, 0.15) is 5.75 Å². The zero-order valence-electron chi connectivity index (χ0n) is 9.73. The summed E-state index contributed by atoms with van der Waals surface area (Å²) >= 11 is 3.33. The summed E-state index contributed by atoms with van der Waals surface area (Å²) < 4.78 is 0.733. The standard InChI is InChI=1S/C13H18BrNO.ClH/c14-11-8-10(6-7-12(11)16)13(15)9-4-2-1-3-5-9;/h6-9,13,16H,1-5,15H2;1H/t13-;/m1./s1. The molecule has 0 radical (unpaired) electrons. The second-order valence-electron chi connectivity index (χ2n) is 4.63. The van der Waals surface area contributed by atoms with Gasteiger partial charge in [0.25, 0.3) is 0 Å². The van der Waals surface area contributed by atoms with Gasteiger partial charge in [-0.1, -0.05) is 25.3 Å². The van der Waals surface area contributed by atoms with E-state index in [-0.39, 0.29) is 24.2 Å². The molecule has 1 fully saturated rings. The van der Waals surface area contributed by atoms with Crippen molar-refractivity contribution in [1.29, 1.82) is 0 Å². The normalized spacial score (nSPS) is 18.5. The largest absolute Gasteiger partial charge is 0.507 e. The lowest BCUT2D eigenvalue weighted by molar-refractivity contribution is 0.308. The number of benzene rings is 1. The van der Waals surface area contributed by atoms with Gasteiger partial charge in [-0.25, -0.2) is 0 Å². The summed E-state index contributed by atoms with van der Waals surface area (Å²) in [4.78, 5) is 0. The van der Waals surface area contributed by atoms with Crippen molar-refractivity contribution in [3.05, 3.63) is 28.2 Å². The number of nitrogens with two attached hydrogens (primary N) is 1. The molecule has 2 nitrogen and oxygen atoms in total. The van der Waals surface area contributed by atoms with Crippen molar-refractivity contribution in [2.75, 3.05) is 0 Å². The molecule has 1 aromatic carbocycles. The van der Waals surface area contributed by atoms with Gasteiger partial charge in [0.05, 0.1) is 4.47 Å². The Morgan fingerprint density at radius 1 is 1.24 bits per heavy atom. The second kappa shape index (κ2) is 6.62. The van der Waals surface area contributed by atoms with Crippen LogP contribution in [-0.2, 0) is 0 Å². The van der Waals surface area contributed by atoms with Crippen LogP contribution in [-0.4, -0.2) is 5.11 Å². The Kier molecular flexibility index (Phi) is 5.77. The molecule has 2 rings (SSSR count). The number of hydrogen-bond acceptors (Lipinski definition) is 2. The predicted octanol–water partition coefficient (Wildman–Crippen LogP) is 4.16. The monoisotopic (exact) mass is 319 g/mol. The topological polar surface area (TPSA) is 46.2 Å². The summed E-state index contributed by atoms with van der Waals surface area (Å²) in [6.07, 6.45) is 6.43. The third-order valence-electron chi connectivity index (χ3n) is 3.51. The van der Waals surface area contributed by atoms with Gasteiger partial charge in [-0.15, -0.1) is 12.4 Å². The average molecular weight is 321 g/mol. The first-order valence-corrected chi connectivity index (χ1v) is 6.72. The third kappa shape index (κ3) is 3.60. The summed E-state index contributed by atoms with van der Waals surface area (Å²) in [5.41, 5.74) is 7.41. The Morgan fingerprint density at radius 2 is 1.88 bits per heavy atom. The van der Waals surface area contributed by atoms with Gasteiger partial charge in [-0.05, 0) is 52.4 Å². The maximum atomic E-state index is 9.45. The van der Waals surface area contributed by atoms with Crippen LogP contribution in [0.15, 0.2) is 22.7 Å². The van der Waals surface area contributed by atoms with Gasteiger partial charge >= 0.3 is 0 Å². The van der Waals surface area contributed by atoms with Crippen molar-refractivity contribution in [2.45, 2.75) is 38.1 Å². The Balaban J connectivity index is 0.00000144. The smallest absolute Gasteiger partial charge is 0.129 e. The molecule has 0 spiro atoms. The van der Waals surface area contributed by atoms with Crippen LogP contribution in [0.2, 0.25) is 0 Å². The molecule has 1 aliphatic carbocycles. The molecule has 4 heteroatoms. The molecule has 3 N–H and O–H groups in total. The fourth-order valence-corrected chi connectivity index (χ4v) is 2.89. The van der Waals surface area contributed by atoms with Crippen LogP contribution in [0.5, 0.6) is 5.75 Å². The minimum atomic E-state index is 0. The molecule has 0 heterocycles. The molecule has 96 valence electrons. The van der Waals surface area contributed by atoms with E-state index in [2.05, 4.69) is 15.9 Å². The fourth-order valence-electron chi connectivity index (χ4n) is 2.50. The van der Waals surface area contributed by atoms with Crippen molar-refractivity contribution < 1.29 is 5.11 Å². The molecule has 0 aliphatic heterocycles. The summed E-state index contributed by atoms with van der Waals surface area (Å²) in [5, 5.41) is 9.45. The number of hydrogen-bond donors (Lipinski definition) is 2. The Labute approximate surface area is 117 Å². The van der Waals surface area contributed by atoms with Crippen LogP contribution in [0.3, 0.4) is 0 Å². The van der Waals surface area contributed by atoms with E-state index in [0.717, 1.165) is 10.0 Å². The van der Waals surface area contributed by atoms with Crippen molar-refractivity contribution in [3.63, 3.8) is 0 Å². The lowest BCUT2D eigenvalue weighted by Crippen LogP contribution is -2.23. The summed E-state index contributed by atoms with van der Waals surface area (Å²) in [5.74, 6) is 0.879. The molecule has 1 atom stereocenters. The second-order valence-corrected chi connectivity index (χ2v) is 5.49. The first-order valence-electron chi connectivity index (χ1n) is 5.92. The zero-order valence-corrected chi connectivity index (χ0v) is 12.1. The first kappa shape index (κ1) is 14.8. The van der Waals surface area contributed by atoms with E-state index < -0.39 is 0 Å². The third-order valence-corrected chi connectivity index (χ3v) is 4.15. The van der Waals surface area contributed by atoms with Gasteiger partial charge in [0, 0.05) is 6.04 Å². The van der Waals surface area contributed by atoms with E-state index in [9.17, 15) is 5.11 Å². The highest BCUT2D eigenvalue weighted by molar-refractivity contribution is 9.10. The molecular formula is C13H19BrClNO. The molecule has 0 bridgehead atoms. The van der Waals surface area contributed by atoms with E-state index in [1.807, 2.05) is 12.1 Å². The lowest BCUT2D eigenvalue weighted by Gasteiger charge is -2.27. The minimum absolute atomic E-state index is 0. The average Bonchev–Trinajstić information content (AvgIpc) is 2.33. The number of rotatable bonds is 2. The van der Waals surface area contributed by atoms with E-state index >= 15 is 0 Å². The van der Waals surface area contributed by atoms with Crippen molar-refractivity contribution in [2.24, 2.45) is 11.7 Å². The van der Waals surface area contributed by atoms with Crippen LogP contribution < -0.4 is 5.73 Å². The highest BCUT2D eigenvalue weighted by Crippen LogP contribution is 2.35. The Hall–Kier alpha value is -0.250. The fraction of sp³-hybridized carbons (Fsp3) is 0.538. The zero-order chi connectivity index (χ0) is 11.5. The van der Waals surface area contributed by atoms with Crippen LogP contribution in [0.4, 0.5) is 0 Å². The minimum Gasteiger partial charge on any atom is -0.507 e. The van der Waals surface area contributed by atoms with Crippen LogP contribution in [0.1, 0.15) is 43.7 Å². The van der Waals surface area contributed by atoms with Gasteiger partial charge in [0.15, 0.2) is 0 Å². The molecule has 0 aromatic heterocycles. The molecule has 0 unspecified atom stereocenters. The number of phenolic OH excluding ortho intramolecular Hbond substituents is 1. The number of phenols is 1. The molecular weight excluding hydrogens is 302 g/mol. The van der Waals surface area contributed by atoms with Crippen molar-refractivity contribution >= 4 is 28.3 Å². The Bertz CT molecular complexity index is 366. The summed E-state index contributed by atoms with van der Waals surface area (Å²) in [7, 11) is 0. The molecule has 17 heavy (non-hydrogen) atoms. The van der Waals surface area contributed by atoms with Gasteiger partial charge in [-0.2, -0.15) is 0 Å². The maximum absolute atomic E-state index is 9.45. The molecule has 1 aromatic rings. The van der Waals surface area contributed by atoms with Gasteiger partial charge < -0.3 is 10.8 Å². The lowest BCUT2D eigenvalue weighted by atomic mass is 9.81. The van der Waals surface area contributed by atoms with E-state index in [1.54, 1.807) is 6.07 Å². The van der Waals surface area contributed by atoms with Crippen LogP contribution in [0.25, 0.3) is 0 Å². The van der Waals surface area contributed by atoms with Crippen molar-refractivity contribution in [3.8, 4) is 5.75 Å². The highest BCUT2D eigenvalue weighted by atomic mass is 79.9. The van der Waals surface area contributed by atoms with E-state index in [1.165, 1.54) is 32.1 Å². The van der Waals surface area contributed by atoms with Crippen LogP contribution >= 0.6 is 28.3 Å². The summed E-state index contributed by atoms with van der Waals surface area (Å²) in [6, 6.07) is 5.69. The molecule has 0 amide bonds. The van der Waals surface area contributed by atoms with E-state index in [0.29, 0.717) is 5.92 Å². The van der Waals surface area contributed by atoms with Gasteiger partial charge in [-0.3, -0.25) is 0 Å². The van der Waals surface area contributed by atoms with E-state index in [4.69, 9.17) is 5.73 Å². The predicted molar refractivity (Wildman–Crippen MR) is 76.6 cm³/mol. The first-order chi connectivity index (χ1) is 7.68. The molecule has 1 aliphatic rings. The number of halogens is 2. The molecule has 0 saturated heterocycles. The SMILES string of the molecule is Cl.N[C@@H](c1ccc(O)c(Br)c1)C1CCCCC1. The maximum Gasteiger partial charge on any atom is 0.129 e. The quantitative estimate of drug-likeness (QED) is 0.859. The van der Waals surface area contributed by atoms with Crippen LogP contribution in [0, 0.1) is 5.92 Å².